The highest BCUT2D eigenvalue weighted by Crippen LogP contribution is 2.31. The van der Waals surface area contributed by atoms with Crippen molar-refractivity contribution in [3.8, 4) is 22.9 Å². The molecular formula is C20H21N3O4. The molecule has 0 saturated carbocycles. The number of anilines is 1. The molecular weight excluding hydrogens is 346 g/mol. The topological polar surface area (TPSA) is 86.5 Å². The molecule has 0 fully saturated rings. The zero-order chi connectivity index (χ0) is 19.2. The van der Waals surface area contributed by atoms with Crippen molar-refractivity contribution >= 4 is 11.6 Å². The van der Waals surface area contributed by atoms with Gasteiger partial charge in [-0.3, -0.25) is 4.79 Å². The molecule has 0 saturated heterocycles. The summed E-state index contributed by atoms with van der Waals surface area (Å²) in [5.74, 6) is 1.94. The highest BCUT2D eigenvalue weighted by atomic mass is 16.5. The van der Waals surface area contributed by atoms with Crippen LogP contribution >= 0.6 is 0 Å². The Hall–Kier alpha value is -3.35. The third-order valence-corrected chi connectivity index (χ3v) is 4.01. The van der Waals surface area contributed by atoms with Crippen molar-refractivity contribution in [2.24, 2.45) is 0 Å². The summed E-state index contributed by atoms with van der Waals surface area (Å²) in [7, 11) is 3.14. The molecule has 3 rings (SSSR count). The molecule has 0 aliphatic rings. The van der Waals surface area contributed by atoms with E-state index in [-0.39, 0.29) is 12.3 Å². The summed E-state index contributed by atoms with van der Waals surface area (Å²) >= 11 is 0. The summed E-state index contributed by atoms with van der Waals surface area (Å²) in [5.41, 5.74) is 2.65. The molecule has 0 aliphatic heterocycles. The van der Waals surface area contributed by atoms with Crippen LogP contribution in [0.15, 0.2) is 47.0 Å². The van der Waals surface area contributed by atoms with Gasteiger partial charge in [0, 0.05) is 24.1 Å². The lowest BCUT2D eigenvalue weighted by Crippen LogP contribution is -2.12. The van der Waals surface area contributed by atoms with E-state index in [1.165, 1.54) is 0 Å². The largest absolute Gasteiger partial charge is 0.493 e. The Morgan fingerprint density at radius 1 is 1.07 bits per heavy atom. The Morgan fingerprint density at radius 3 is 2.52 bits per heavy atom. The van der Waals surface area contributed by atoms with Crippen molar-refractivity contribution in [2.45, 2.75) is 19.8 Å². The lowest BCUT2D eigenvalue weighted by atomic mass is 10.2. The minimum atomic E-state index is -0.107. The first kappa shape index (κ1) is 18.4. The minimum absolute atomic E-state index is 0.107. The van der Waals surface area contributed by atoms with Crippen molar-refractivity contribution < 1.29 is 18.8 Å². The molecule has 0 radical (unpaired) electrons. The molecule has 1 aromatic heterocycles. The van der Waals surface area contributed by atoms with Crippen molar-refractivity contribution in [1.82, 2.24) is 10.1 Å². The molecule has 0 aliphatic carbocycles. The van der Waals surface area contributed by atoms with Gasteiger partial charge in [-0.05, 0) is 37.3 Å². The number of ether oxygens (including phenoxy) is 2. The second-order valence-electron chi connectivity index (χ2n) is 6.00. The second-order valence-corrected chi connectivity index (χ2v) is 6.00. The molecule has 2 aromatic carbocycles. The van der Waals surface area contributed by atoms with Crippen LogP contribution in [0, 0.1) is 6.92 Å². The van der Waals surface area contributed by atoms with E-state index in [0.29, 0.717) is 29.6 Å². The van der Waals surface area contributed by atoms with Crippen LogP contribution in [0.4, 0.5) is 5.69 Å². The van der Waals surface area contributed by atoms with Crippen LogP contribution in [0.3, 0.4) is 0 Å². The van der Waals surface area contributed by atoms with Gasteiger partial charge in [-0.1, -0.05) is 22.9 Å². The number of amides is 1. The molecule has 1 heterocycles. The van der Waals surface area contributed by atoms with Gasteiger partial charge >= 0.3 is 0 Å². The van der Waals surface area contributed by atoms with Gasteiger partial charge in [-0.2, -0.15) is 4.98 Å². The minimum Gasteiger partial charge on any atom is -0.493 e. The predicted octanol–water partition coefficient (Wildman–Crippen LogP) is 3.63. The van der Waals surface area contributed by atoms with Crippen LogP contribution in [-0.4, -0.2) is 30.3 Å². The number of benzene rings is 2. The number of nitrogens with one attached hydrogen (secondary N) is 1. The quantitative estimate of drug-likeness (QED) is 0.686. The Balaban J connectivity index is 1.61. The molecule has 1 N–H and O–H groups in total. The molecule has 7 nitrogen and oxygen atoms in total. The highest BCUT2D eigenvalue weighted by molar-refractivity contribution is 5.90. The van der Waals surface area contributed by atoms with E-state index in [9.17, 15) is 4.79 Å². The predicted molar refractivity (Wildman–Crippen MR) is 101 cm³/mol. The standard InChI is InChI=1S/C20H21N3O4/c1-13-4-7-15(8-5-13)21-18(24)10-11-19-22-20(23-27-19)14-6-9-16(25-2)17(12-14)26-3/h4-9,12H,10-11H2,1-3H3,(H,21,24). The number of aryl methyl sites for hydroxylation is 2. The molecule has 140 valence electrons. The molecule has 27 heavy (non-hydrogen) atoms. The molecule has 0 bridgehead atoms. The summed E-state index contributed by atoms with van der Waals surface area (Å²) in [5, 5.41) is 6.82. The van der Waals surface area contributed by atoms with Gasteiger partial charge in [-0.25, -0.2) is 0 Å². The number of rotatable bonds is 7. The average Bonchev–Trinajstić information content (AvgIpc) is 3.16. The Labute approximate surface area is 157 Å². The lowest BCUT2D eigenvalue weighted by Gasteiger charge is -2.07. The summed E-state index contributed by atoms with van der Waals surface area (Å²) in [4.78, 5) is 16.4. The fourth-order valence-corrected chi connectivity index (χ4v) is 2.53. The first-order chi connectivity index (χ1) is 13.1. The second kappa shape index (κ2) is 8.35. The third kappa shape index (κ3) is 4.63. The van der Waals surface area contributed by atoms with Crippen LogP contribution in [0.1, 0.15) is 17.9 Å². The fraction of sp³-hybridized carbons (Fsp3) is 0.250. The zero-order valence-corrected chi connectivity index (χ0v) is 15.5. The van der Waals surface area contributed by atoms with Gasteiger partial charge in [-0.15, -0.1) is 0 Å². The number of hydrogen-bond acceptors (Lipinski definition) is 6. The molecule has 0 spiro atoms. The maximum absolute atomic E-state index is 12.1. The van der Waals surface area contributed by atoms with E-state index in [4.69, 9.17) is 14.0 Å². The summed E-state index contributed by atoms with van der Waals surface area (Å²) < 4.78 is 15.8. The van der Waals surface area contributed by atoms with Gasteiger partial charge in [0.15, 0.2) is 11.5 Å². The zero-order valence-electron chi connectivity index (χ0n) is 15.5. The molecule has 0 atom stereocenters. The smallest absolute Gasteiger partial charge is 0.227 e. The number of nitrogens with zero attached hydrogens (tertiary/aromatic N) is 2. The van der Waals surface area contributed by atoms with Crippen LogP contribution in [0.2, 0.25) is 0 Å². The molecule has 0 unspecified atom stereocenters. The van der Waals surface area contributed by atoms with Crippen molar-refractivity contribution in [1.29, 1.82) is 0 Å². The number of carbonyl (C=O) groups is 1. The van der Waals surface area contributed by atoms with E-state index in [1.54, 1.807) is 26.4 Å². The number of hydrogen-bond donors (Lipinski definition) is 1. The maximum Gasteiger partial charge on any atom is 0.227 e. The van der Waals surface area contributed by atoms with Gasteiger partial charge in [0.05, 0.1) is 14.2 Å². The van der Waals surface area contributed by atoms with Gasteiger partial charge in [0.1, 0.15) is 0 Å². The number of carbonyl (C=O) groups excluding carboxylic acids is 1. The van der Waals surface area contributed by atoms with Crippen LogP contribution < -0.4 is 14.8 Å². The fourth-order valence-electron chi connectivity index (χ4n) is 2.53. The summed E-state index contributed by atoms with van der Waals surface area (Å²) in [6, 6.07) is 13.0. The summed E-state index contributed by atoms with van der Waals surface area (Å²) in [6.45, 7) is 2.00. The summed E-state index contributed by atoms with van der Waals surface area (Å²) in [6.07, 6.45) is 0.611. The monoisotopic (exact) mass is 367 g/mol. The Bertz CT molecular complexity index is 919. The molecule has 1 amide bonds. The van der Waals surface area contributed by atoms with Gasteiger partial charge in [0.2, 0.25) is 17.6 Å². The normalized spacial score (nSPS) is 10.5. The van der Waals surface area contributed by atoms with Crippen molar-refractivity contribution in [3.05, 3.63) is 53.9 Å². The van der Waals surface area contributed by atoms with Gasteiger partial charge < -0.3 is 19.3 Å². The van der Waals surface area contributed by atoms with Crippen LogP contribution in [0.5, 0.6) is 11.5 Å². The van der Waals surface area contributed by atoms with E-state index in [0.717, 1.165) is 16.8 Å². The Morgan fingerprint density at radius 2 is 1.81 bits per heavy atom. The van der Waals surface area contributed by atoms with Gasteiger partial charge in [0.25, 0.3) is 0 Å². The van der Waals surface area contributed by atoms with E-state index in [2.05, 4.69) is 15.5 Å². The Kier molecular flexibility index (Phi) is 5.71. The third-order valence-electron chi connectivity index (χ3n) is 4.01. The highest BCUT2D eigenvalue weighted by Gasteiger charge is 2.13. The number of methoxy groups -OCH3 is 2. The number of aromatic nitrogens is 2. The van der Waals surface area contributed by atoms with Crippen LogP contribution in [-0.2, 0) is 11.2 Å². The first-order valence-electron chi connectivity index (χ1n) is 8.50. The average molecular weight is 367 g/mol. The van der Waals surface area contributed by atoms with E-state index < -0.39 is 0 Å². The molecule has 3 aromatic rings. The molecule has 7 heteroatoms. The lowest BCUT2D eigenvalue weighted by molar-refractivity contribution is -0.116. The van der Waals surface area contributed by atoms with Crippen LogP contribution in [0.25, 0.3) is 11.4 Å². The van der Waals surface area contributed by atoms with Crippen molar-refractivity contribution in [3.63, 3.8) is 0 Å². The SMILES string of the molecule is COc1ccc(-c2noc(CCC(=O)Nc3ccc(C)cc3)n2)cc1OC. The van der Waals surface area contributed by atoms with Crippen molar-refractivity contribution in [2.75, 3.05) is 19.5 Å². The first-order valence-corrected chi connectivity index (χ1v) is 8.50. The van der Waals surface area contributed by atoms with E-state index >= 15 is 0 Å². The maximum atomic E-state index is 12.1. The van der Waals surface area contributed by atoms with E-state index in [1.807, 2.05) is 37.3 Å².